The zero-order valence-electron chi connectivity index (χ0n) is 9.31. The normalized spacial score (nSPS) is 14.2. The van der Waals surface area contributed by atoms with Crippen molar-refractivity contribution >= 4 is 17.6 Å². The predicted molar refractivity (Wildman–Crippen MR) is 63.4 cm³/mol. The Balaban J connectivity index is 2.58. The zero-order valence-corrected chi connectivity index (χ0v) is 10.1. The molecule has 0 spiro atoms. The smallest absolute Gasteiger partial charge is 0.335 e. The van der Waals surface area contributed by atoms with Gasteiger partial charge in [0.2, 0.25) is 0 Å². The van der Waals surface area contributed by atoms with Crippen molar-refractivity contribution in [2.45, 2.75) is 31.7 Å². The SMILES string of the molecule is CC(Cl)CC(C)Oc1ccc(C(=O)O)cc1. The number of alkyl halides is 1. The Morgan fingerprint density at radius 1 is 1.38 bits per heavy atom. The summed E-state index contributed by atoms with van der Waals surface area (Å²) in [5.41, 5.74) is 0.255. The molecule has 0 aliphatic heterocycles. The molecule has 16 heavy (non-hydrogen) atoms. The van der Waals surface area contributed by atoms with Crippen molar-refractivity contribution in [1.82, 2.24) is 0 Å². The lowest BCUT2D eigenvalue weighted by atomic mass is 10.2. The van der Waals surface area contributed by atoms with Gasteiger partial charge in [-0.2, -0.15) is 0 Å². The predicted octanol–water partition coefficient (Wildman–Crippen LogP) is 3.17. The lowest BCUT2D eigenvalue weighted by Crippen LogP contribution is -2.15. The maximum atomic E-state index is 10.6. The van der Waals surface area contributed by atoms with E-state index in [2.05, 4.69) is 0 Å². The van der Waals surface area contributed by atoms with Crippen molar-refractivity contribution in [2.75, 3.05) is 0 Å². The lowest BCUT2D eigenvalue weighted by molar-refractivity contribution is 0.0697. The first-order valence-electron chi connectivity index (χ1n) is 5.13. The highest BCUT2D eigenvalue weighted by atomic mass is 35.5. The Bertz CT molecular complexity index is 346. The molecule has 0 aromatic heterocycles. The van der Waals surface area contributed by atoms with Crippen LogP contribution < -0.4 is 4.74 Å². The van der Waals surface area contributed by atoms with Crippen molar-refractivity contribution in [3.8, 4) is 5.75 Å². The molecule has 0 amide bonds. The Labute approximate surface area is 100.0 Å². The summed E-state index contributed by atoms with van der Waals surface area (Å²) in [6, 6.07) is 6.35. The van der Waals surface area contributed by atoms with Gasteiger partial charge in [0.25, 0.3) is 0 Å². The van der Waals surface area contributed by atoms with E-state index in [4.69, 9.17) is 21.4 Å². The second-order valence-electron chi connectivity index (χ2n) is 3.77. The number of rotatable bonds is 5. The average Bonchev–Trinajstić information content (AvgIpc) is 2.16. The van der Waals surface area contributed by atoms with Crippen molar-refractivity contribution < 1.29 is 14.6 Å². The second-order valence-corrected chi connectivity index (χ2v) is 4.52. The minimum absolute atomic E-state index is 0.0168. The molecule has 4 heteroatoms. The molecule has 1 aromatic rings. The van der Waals surface area contributed by atoms with Gasteiger partial charge in [-0.25, -0.2) is 4.79 Å². The summed E-state index contributed by atoms with van der Waals surface area (Å²) in [5, 5.41) is 8.78. The maximum Gasteiger partial charge on any atom is 0.335 e. The molecule has 1 N–H and O–H groups in total. The fourth-order valence-electron chi connectivity index (χ4n) is 1.41. The zero-order chi connectivity index (χ0) is 12.1. The monoisotopic (exact) mass is 242 g/mol. The fourth-order valence-corrected chi connectivity index (χ4v) is 1.66. The molecule has 0 saturated heterocycles. The number of carboxylic acid groups (broad SMARTS) is 1. The molecule has 0 aliphatic carbocycles. The van der Waals surface area contributed by atoms with Gasteiger partial charge in [0.1, 0.15) is 5.75 Å². The highest BCUT2D eigenvalue weighted by Gasteiger charge is 2.08. The summed E-state index contributed by atoms with van der Waals surface area (Å²) >= 11 is 5.85. The number of aromatic carboxylic acids is 1. The van der Waals surface area contributed by atoms with Crippen molar-refractivity contribution in [1.29, 1.82) is 0 Å². The van der Waals surface area contributed by atoms with Crippen molar-refractivity contribution in [2.24, 2.45) is 0 Å². The van der Waals surface area contributed by atoms with Crippen LogP contribution in [-0.2, 0) is 0 Å². The first-order valence-corrected chi connectivity index (χ1v) is 5.56. The fraction of sp³-hybridized carbons (Fsp3) is 0.417. The van der Waals surface area contributed by atoms with E-state index in [9.17, 15) is 4.79 Å². The van der Waals surface area contributed by atoms with Crippen LogP contribution in [0.15, 0.2) is 24.3 Å². The number of carboxylic acids is 1. The van der Waals surface area contributed by atoms with Crippen molar-refractivity contribution in [3.63, 3.8) is 0 Å². The van der Waals surface area contributed by atoms with E-state index in [0.29, 0.717) is 5.75 Å². The van der Waals surface area contributed by atoms with Crippen LogP contribution in [0, 0.1) is 0 Å². The summed E-state index contributed by atoms with van der Waals surface area (Å²) in [7, 11) is 0. The van der Waals surface area contributed by atoms with Gasteiger partial charge >= 0.3 is 5.97 Å². The molecule has 0 fully saturated rings. The largest absolute Gasteiger partial charge is 0.491 e. The second kappa shape index (κ2) is 5.75. The number of halogens is 1. The molecule has 0 saturated carbocycles. The van der Waals surface area contributed by atoms with Gasteiger partial charge < -0.3 is 9.84 Å². The quantitative estimate of drug-likeness (QED) is 0.807. The third-order valence-corrected chi connectivity index (χ3v) is 2.27. The highest BCUT2D eigenvalue weighted by Crippen LogP contribution is 2.16. The molecule has 0 heterocycles. The first kappa shape index (κ1) is 12.8. The maximum absolute atomic E-state index is 10.6. The molecule has 88 valence electrons. The van der Waals surface area contributed by atoms with Crippen LogP contribution in [0.5, 0.6) is 5.75 Å². The summed E-state index contributed by atoms with van der Waals surface area (Å²) in [5.74, 6) is -0.274. The Morgan fingerprint density at radius 3 is 2.38 bits per heavy atom. The Morgan fingerprint density at radius 2 is 1.94 bits per heavy atom. The summed E-state index contributed by atoms with van der Waals surface area (Å²) in [4.78, 5) is 10.6. The van der Waals surface area contributed by atoms with Crippen LogP contribution in [0.2, 0.25) is 0 Å². The van der Waals surface area contributed by atoms with Gasteiger partial charge in [-0.3, -0.25) is 0 Å². The van der Waals surface area contributed by atoms with Crippen LogP contribution in [0.1, 0.15) is 30.6 Å². The molecule has 0 aliphatic rings. The van der Waals surface area contributed by atoms with Crippen LogP contribution in [-0.4, -0.2) is 22.6 Å². The summed E-state index contributed by atoms with van der Waals surface area (Å²) in [6.07, 6.45) is 0.769. The number of benzene rings is 1. The van der Waals surface area contributed by atoms with E-state index in [-0.39, 0.29) is 17.0 Å². The number of hydrogen-bond acceptors (Lipinski definition) is 2. The van der Waals surface area contributed by atoms with Gasteiger partial charge in [-0.15, -0.1) is 11.6 Å². The Kier molecular flexibility index (Phi) is 4.62. The molecule has 3 nitrogen and oxygen atoms in total. The number of hydrogen-bond donors (Lipinski definition) is 1. The van der Waals surface area contributed by atoms with Crippen LogP contribution in [0.4, 0.5) is 0 Å². The number of carbonyl (C=O) groups is 1. The average molecular weight is 243 g/mol. The minimum atomic E-state index is -0.936. The van der Waals surface area contributed by atoms with E-state index in [0.717, 1.165) is 6.42 Å². The highest BCUT2D eigenvalue weighted by molar-refractivity contribution is 6.20. The van der Waals surface area contributed by atoms with Crippen molar-refractivity contribution in [3.05, 3.63) is 29.8 Å². The van der Waals surface area contributed by atoms with Gasteiger partial charge in [-0.05, 0) is 38.1 Å². The van der Waals surface area contributed by atoms with E-state index in [1.54, 1.807) is 12.1 Å². The molecular weight excluding hydrogens is 228 g/mol. The molecule has 2 atom stereocenters. The molecule has 0 bridgehead atoms. The topological polar surface area (TPSA) is 46.5 Å². The van der Waals surface area contributed by atoms with E-state index >= 15 is 0 Å². The van der Waals surface area contributed by atoms with Gasteiger partial charge in [-0.1, -0.05) is 0 Å². The molecule has 1 rings (SSSR count). The van der Waals surface area contributed by atoms with Crippen LogP contribution in [0.25, 0.3) is 0 Å². The Hall–Kier alpha value is -1.22. The summed E-state index contributed by atoms with van der Waals surface area (Å²) < 4.78 is 5.58. The van der Waals surface area contributed by atoms with Gasteiger partial charge in [0.05, 0.1) is 11.7 Å². The number of ether oxygens (including phenoxy) is 1. The lowest BCUT2D eigenvalue weighted by Gasteiger charge is -2.15. The third kappa shape index (κ3) is 4.11. The van der Waals surface area contributed by atoms with Gasteiger partial charge in [0, 0.05) is 11.8 Å². The standard InChI is InChI=1S/C12H15ClO3/c1-8(13)7-9(2)16-11-5-3-10(4-6-11)12(14)15/h3-6,8-9H,7H2,1-2H3,(H,14,15). The minimum Gasteiger partial charge on any atom is -0.491 e. The molecule has 2 unspecified atom stereocenters. The van der Waals surface area contributed by atoms with E-state index in [1.165, 1.54) is 12.1 Å². The first-order chi connectivity index (χ1) is 7.49. The van der Waals surface area contributed by atoms with Gasteiger partial charge in [0.15, 0.2) is 0 Å². The molecular formula is C12H15ClO3. The van der Waals surface area contributed by atoms with Crippen LogP contribution in [0.3, 0.4) is 0 Å². The van der Waals surface area contributed by atoms with Crippen LogP contribution >= 0.6 is 11.6 Å². The van der Waals surface area contributed by atoms with E-state index in [1.807, 2.05) is 13.8 Å². The molecule has 0 radical (unpaired) electrons. The summed E-state index contributed by atoms with van der Waals surface area (Å²) in [6.45, 7) is 3.85. The third-order valence-electron chi connectivity index (χ3n) is 2.10. The van der Waals surface area contributed by atoms with E-state index < -0.39 is 5.97 Å². The molecule has 1 aromatic carbocycles.